The van der Waals surface area contributed by atoms with E-state index in [1.54, 1.807) is 0 Å². The molecular formula is C51H69N. The second-order valence-electron chi connectivity index (χ2n) is 12.7. The normalized spacial score (nSPS) is 16.2. The third-order valence-electron chi connectivity index (χ3n) is 9.02. The van der Waals surface area contributed by atoms with Gasteiger partial charge >= 0.3 is 0 Å². The molecule has 52 heavy (non-hydrogen) atoms. The topological polar surface area (TPSA) is 3.24 Å². The number of hydrogen-bond donors (Lipinski definition) is 0. The first-order valence-corrected chi connectivity index (χ1v) is 19.4. The smallest absolute Gasteiger partial charge is 0.0392 e. The lowest BCUT2D eigenvalue weighted by atomic mass is 9.91. The summed E-state index contributed by atoms with van der Waals surface area (Å²) in [6.45, 7) is 25.4. The summed E-state index contributed by atoms with van der Waals surface area (Å²) in [4.78, 5) is 2.33. The van der Waals surface area contributed by atoms with Gasteiger partial charge in [-0.2, -0.15) is 0 Å². The minimum Gasteiger partial charge on any atom is -0.348 e. The van der Waals surface area contributed by atoms with Crippen molar-refractivity contribution in [3.8, 4) is 0 Å². The Kier molecular flexibility index (Phi) is 22.9. The van der Waals surface area contributed by atoms with E-state index in [-0.39, 0.29) is 0 Å². The minimum absolute atomic E-state index is 0.909. The fraction of sp³-hybridized carbons (Fsp3) is 0.333. The maximum absolute atomic E-state index is 2.33. The van der Waals surface area contributed by atoms with Crippen LogP contribution in [0.4, 0.5) is 0 Å². The van der Waals surface area contributed by atoms with Gasteiger partial charge in [-0.05, 0) is 144 Å². The van der Waals surface area contributed by atoms with Crippen molar-refractivity contribution in [2.45, 2.75) is 109 Å². The van der Waals surface area contributed by atoms with Crippen LogP contribution >= 0.6 is 0 Å². The fourth-order valence-electron chi connectivity index (χ4n) is 6.05. The van der Waals surface area contributed by atoms with Gasteiger partial charge in [-0.1, -0.05) is 148 Å². The van der Waals surface area contributed by atoms with Gasteiger partial charge in [0.2, 0.25) is 0 Å². The van der Waals surface area contributed by atoms with E-state index < -0.39 is 0 Å². The first-order chi connectivity index (χ1) is 25.1. The van der Waals surface area contributed by atoms with E-state index in [2.05, 4.69) is 208 Å². The Bertz CT molecular complexity index is 1720. The van der Waals surface area contributed by atoms with E-state index in [0.29, 0.717) is 0 Å². The Labute approximate surface area is 320 Å². The van der Waals surface area contributed by atoms with Crippen LogP contribution in [0, 0.1) is 0 Å². The molecule has 0 radical (unpaired) electrons. The van der Waals surface area contributed by atoms with Crippen LogP contribution in [-0.4, -0.2) is 11.9 Å². The zero-order valence-corrected chi connectivity index (χ0v) is 35.0. The summed E-state index contributed by atoms with van der Waals surface area (Å²) >= 11 is 0. The van der Waals surface area contributed by atoms with Crippen LogP contribution in [0.1, 0.15) is 120 Å². The average Bonchev–Trinajstić information content (AvgIpc) is 3.55. The van der Waals surface area contributed by atoms with Gasteiger partial charge in [-0.15, -0.1) is 0 Å². The highest BCUT2D eigenvalue weighted by Gasteiger charge is 2.14. The maximum Gasteiger partial charge on any atom is 0.0392 e. The van der Waals surface area contributed by atoms with Crippen LogP contribution in [0.25, 0.3) is 11.1 Å². The second-order valence-corrected chi connectivity index (χ2v) is 12.7. The standard InChI is InChI=1S/C35H41N.C14H22.C2H6/c1-8-27(5)30-18-15-19-32(23-22-30)36(7)35(10-3)28(6)25-29(9-2)33-20-13-14-21-34(33)31-17-12-11-16-26(4)24-31;1-5-8-9-10-12-14(7-3)13(4)11-6-2;1-2/h8-16,18,20-25H,17,19H2,1-7H3;5,7-8,10-12H,6,9H2,1-4H3;1-2H3/b27-8+,28-25-,29-9+,35-10+;8-5-,12-10-,13-11+,14-7+;. The average molecular weight is 696 g/mol. The molecule has 3 rings (SSSR count). The van der Waals surface area contributed by atoms with Gasteiger partial charge in [0.1, 0.15) is 0 Å². The van der Waals surface area contributed by atoms with Crippen molar-refractivity contribution in [2.75, 3.05) is 7.05 Å². The molecule has 1 aromatic carbocycles. The van der Waals surface area contributed by atoms with Crippen molar-refractivity contribution < 1.29 is 0 Å². The molecule has 0 fully saturated rings. The van der Waals surface area contributed by atoms with Crippen molar-refractivity contribution in [3.05, 3.63) is 190 Å². The van der Waals surface area contributed by atoms with Crippen molar-refractivity contribution in [2.24, 2.45) is 0 Å². The number of allylic oxidation sites excluding steroid dienone is 26. The molecule has 0 N–H and O–H groups in total. The maximum atomic E-state index is 2.33. The van der Waals surface area contributed by atoms with Gasteiger partial charge in [0.15, 0.2) is 0 Å². The van der Waals surface area contributed by atoms with Gasteiger partial charge in [-0.25, -0.2) is 0 Å². The predicted molar refractivity (Wildman–Crippen MR) is 238 cm³/mol. The number of nitrogens with zero attached hydrogens (tertiary/aromatic N) is 1. The summed E-state index contributed by atoms with van der Waals surface area (Å²) in [5, 5.41) is 0. The van der Waals surface area contributed by atoms with E-state index in [4.69, 9.17) is 0 Å². The van der Waals surface area contributed by atoms with Gasteiger partial charge in [0.05, 0.1) is 0 Å². The summed E-state index contributed by atoms with van der Waals surface area (Å²) in [6, 6.07) is 8.79. The lowest BCUT2D eigenvalue weighted by Gasteiger charge is -2.26. The molecule has 0 aromatic heterocycles. The third-order valence-corrected chi connectivity index (χ3v) is 9.02. The lowest BCUT2D eigenvalue weighted by Crippen LogP contribution is -2.17. The molecule has 0 amide bonds. The molecular weight excluding hydrogens is 627 g/mol. The number of benzene rings is 1. The quantitative estimate of drug-likeness (QED) is 0.155. The summed E-state index contributed by atoms with van der Waals surface area (Å²) in [7, 11) is 2.18. The Balaban J connectivity index is 0.000000712. The first-order valence-electron chi connectivity index (χ1n) is 19.4. The molecule has 0 saturated carbocycles. The first kappa shape index (κ1) is 45.4. The second kappa shape index (κ2) is 26.2. The number of hydrogen-bond acceptors (Lipinski definition) is 1. The monoisotopic (exact) mass is 696 g/mol. The highest BCUT2D eigenvalue weighted by molar-refractivity contribution is 5.85. The Hall–Kier alpha value is -4.62. The van der Waals surface area contributed by atoms with Crippen molar-refractivity contribution in [1.82, 2.24) is 4.90 Å². The van der Waals surface area contributed by atoms with Gasteiger partial charge < -0.3 is 4.90 Å². The van der Waals surface area contributed by atoms with E-state index in [1.807, 2.05) is 20.8 Å². The largest absolute Gasteiger partial charge is 0.348 e. The highest BCUT2D eigenvalue weighted by atomic mass is 15.1. The molecule has 1 aromatic rings. The molecule has 0 atom stereocenters. The van der Waals surface area contributed by atoms with Gasteiger partial charge in [0.25, 0.3) is 0 Å². The zero-order valence-electron chi connectivity index (χ0n) is 35.0. The lowest BCUT2D eigenvalue weighted by molar-refractivity contribution is 0.516. The molecule has 1 nitrogen and oxygen atoms in total. The van der Waals surface area contributed by atoms with Crippen LogP contribution in [0.5, 0.6) is 0 Å². The van der Waals surface area contributed by atoms with E-state index >= 15 is 0 Å². The van der Waals surface area contributed by atoms with Crippen LogP contribution < -0.4 is 0 Å². The summed E-state index contributed by atoms with van der Waals surface area (Å²) in [5.74, 6) is 0. The fourth-order valence-corrected chi connectivity index (χ4v) is 6.05. The zero-order chi connectivity index (χ0) is 38.9. The highest BCUT2D eigenvalue weighted by Crippen LogP contribution is 2.33. The Morgan fingerprint density at radius 1 is 0.808 bits per heavy atom. The molecule has 2 aliphatic rings. The number of rotatable bonds is 12. The van der Waals surface area contributed by atoms with Gasteiger partial charge in [0, 0.05) is 24.9 Å². The summed E-state index contributed by atoms with van der Waals surface area (Å²) in [6.07, 6.45) is 43.8. The van der Waals surface area contributed by atoms with Crippen molar-refractivity contribution in [3.63, 3.8) is 0 Å². The molecule has 1 heteroatoms. The van der Waals surface area contributed by atoms with Crippen molar-refractivity contribution in [1.29, 1.82) is 0 Å². The molecule has 0 heterocycles. The number of likely N-dealkylation sites (N-methyl/N-ethyl adjacent to an activating group) is 1. The molecule has 0 bridgehead atoms. The van der Waals surface area contributed by atoms with E-state index in [0.717, 1.165) is 25.7 Å². The molecule has 0 saturated heterocycles. The predicted octanol–water partition coefficient (Wildman–Crippen LogP) is 15.7. The van der Waals surface area contributed by atoms with E-state index in [1.165, 1.54) is 67.1 Å². The molecule has 0 aliphatic heterocycles. The van der Waals surface area contributed by atoms with Gasteiger partial charge in [-0.3, -0.25) is 0 Å². The van der Waals surface area contributed by atoms with Crippen molar-refractivity contribution >= 4 is 11.1 Å². The van der Waals surface area contributed by atoms with Crippen LogP contribution in [0.3, 0.4) is 0 Å². The van der Waals surface area contributed by atoms with Crippen LogP contribution in [-0.2, 0) is 0 Å². The SMILES string of the molecule is C/C=C(\C)C1=CC=C(N(C)C(=C/C)/C(C)=C\C(=C/C)c2ccccc2C2=CC(C)=CC=CC2)CC=C1.C/C=C\C\C=C/C(=C\C)C(/C)=C/CC.CC. The Morgan fingerprint density at radius 3 is 2.17 bits per heavy atom. The Morgan fingerprint density at radius 2 is 1.54 bits per heavy atom. The molecule has 0 unspecified atom stereocenters. The summed E-state index contributed by atoms with van der Waals surface area (Å²) < 4.78 is 0. The molecule has 278 valence electrons. The van der Waals surface area contributed by atoms with Crippen LogP contribution in [0.15, 0.2) is 178 Å². The van der Waals surface area contributed by atoms with E-state index in [9.17, 15) is 0 Å². The van der Waals surface area contributed by atoms with Crippen LogP contribution in [0.2, 0.25) is 0 Å². The molecule has 2 aliphatic carbocycles. The minimum atomic E-state index is 0.909. The molecule has 0 spiro atoms. The summed E-state index contributed by atoms with van der Waals surface area (Å²) in [5.41, 5.74) is 15.5. The third kappa shape index (κ3) is 14.9.